The van der Waals surface area contributed by atoms with Crippen LogP contribution < -0.4 is 4.74 Å². The van der Waals surface area contributed by atoms with Crippen molar-refractivity contribution in [2.24, 2.45) is 0 Å². The highest BCUT2D eigenvalue weighted by molar-refractivity contribution is 6.21. The van der Waals surface area contributed by atoms with E-state index in [0.717, 1.165) is 23.0 Å². The smallest absolute Gasteiger partial charge is 0.261 e. The zero-order valence-corrected chi connectivity index (χ0v) is 16.4. The molecule has 0 N–H and O–H groups in total. The first kappa shape index (κ1) is 18.7. The number of aldehydes is 1. The third-order valence-corrected chi connectivity index (χ3v) is 5.28. The summed E-state index contributed by atoms with van der Waals surface area (Å²) in [6.45, 7) is 0.371. The van der Waals surface area contributed by atoms with E-state index in [4.69, 9.17) is 4.74 Å². The van der Waals surface area contributed by atoms with Gasteiger partial charge in [-0.05, 0) is 54.6 Å². The molecule has 0 aliphatic carbocycles. The minimum Gasteiger partial charge on any atom is -0.492 e. The van der Waals surface area contributed by atoms with E-state index in [9.17, 15) is 14.4 Å². The Balaban J connectivity index is 1.26. The van der Waals surface area contributed by atoms with E-state index in [0.29, 0.717) is 22.4 Å². The normalized spacial score (nSPS) is 13.0. The summed E-state index contributed by atoms with van der Waals surface area (Å²) in [5.74, 6) is 0.0424. The number of imide groups is 1. The van der Waals surface area contributed by atoms with Gasteiger partial charge in [-0.15, -0.1) is 0 Å². The van der Waals surface area contributed by atoms with Gasteiger partial charge in [-0.3, -0.25) is 23.9 Å². The van der Waals surface area contributed by atoms with Gasteiger partial charge in [-0.25, -0.2) is 4.98 Å². The van der Waals surface area contributed by atoms with Crippen molar-refractivity contribution < 1.29 is 19.1 Å². The van der Waals surface area contributed by atoms with Gasteiger partial charge in [0.15, 0.2) is 0 Å². The molecule has 0 unspecified atom stereocenters. The van der Waals surface area contributed by atoms with Crippen LogP contribution in [0.1, 0.15) is 31.1 Å². The van der Waals surface area contributed by atoms with Gasteiger partial charge in [-0.1, -0.05) is 12.1 Å². The van der Waals surface area contributed by atoms with Crippen molar-refractivity contribution in [3.8, 4) is 11.4 Å². The Morgan fingerprint density at radius 1 is 0.903 bits per heavy atom. The maximum absolute atomic E-state index is 12.4. The van der Waals surface area contributed by atoms with Crippen molar-refractivity contribution in [2.45, 2.75) is 0 Å². The van der Waals surface area contributed by atoms with Crippen LogP contribution in [-0.2, 0) is 0 Å². The fourth-order valence-corrected chi connectivity index (χ4v) is 3.70. The maximum atomic E-state index is 12.4. The van der Waals surface area contributed by atoms with Crippen molar-refractivity contribution in [3.05, 3.63) is 89.7 Å². The van der Waals surface area contributed by atoms with Crippen molar-refractivity contribution >= 4 is 29.1 Å². The SMILES string of the molecule is O=Cc1ccc2ncn(-c3ccc(OCCN4C(=O)c5ccccc5C4=O)cc3)c2c1. The fourth-order valence-electron chi connectivity index (χ4n) is 3.70. The average molecular weight is 411 g/mol. The first-order chi connectivity index (χ1) is 15.2. The minimum atomic E-state index is -0.291. The number of benzene rings is 3. The summed E-state index contributed by atoms with van der Waals surface area (Å²) in [6, 6.07) is 19.5. The molecule has 3 aromatic carbocycles. The Morgan fingerprint density at radius 2 is 1.61 bits per heavy atom. The van der Waals surface area contributed by atoms with Crippen LogP contribution in [0.3, 0.4) is 0 Å². The summed E-state index contributed by atoms with van der Waals surface area (Å²) in [7, 11) is 0. The van der Waals surface area contributed by atoms with Gasteiger partial charge in [0.05, 0.1) is 28.7 Å². The first-order valence-corrected chi connectivity index (χ1v) is 9.76. The number of imidazole rings is 1. The van der Waals surface area contributed by atoms with Gasteiger partial charge in [-0.2, -0.15) is 0 Å². The first-order valence-electron chi connectivity index (χ1n) is 9.76. The molecule has 0 radical (unpaired) electrons. The molecule has 2 heterocycles. The lowest BCUT2D eigenvalue weighted by Gasteiger charge is -2.14. The number of carbonyl (C=O) groups is 3. The summed E-state index contributed by atoms with van der Waals surface area (Å²) < 4.78 is 7.64. The van der Waals surface area contributed by atoms with Gasteiger partial charge in [0.1, 0.15) is 25.0 Å². The monoisotopic (exact) mass is 411 g/mol. The van der Waals surface area contributed by atoms with E-state index in [1.807, 2.05) is 34.9 Å². The second kappa shape index (κ2) is 7.53. The minimum absolute atomic E-state index is 0.175. The van der Waals surface area contributed by atoms with Crippen LogP contribution in [0, 0.1) is 0 Å². The Morgan fingerprint density at radius 3 is 2.29 bits per heavy atom. The van der Waals surface area contributed by atoms with Gasteiger partial charge < -0.3 is 4.74 Å². The molecule has 1 aliphatic heterocycles. The standard InChI is InChI=1S/C24H17N3O4/c28-14-16-5-10-21-22(13-16)27(15-25-21)17-6-8-18(9-7-17)31-12-11-26-23(29)19-3-1-2-4-20(19)24(26)30/h1-10,13-15H,11-12H2. The second-order valence-corrected chi connectivity index (χ2v) is 7.13. The lowest BCUT2D eigenvalue weighted by molar-refractivity contribution is 0.0631. The molecule has 0 atom stereocenters. The predicted molar refractivity (Wildman–Crippen MR) is 114 cm³/mol. The average Bonchev–Trinajstić information content (AvgIpc) is 3.34. The molecule has 0 saturated carbocycles. The van der Waals surface area contributed by atoms with Crippen LogP contribution in [-0.4, -0.2) is 45.7 Å². The molecule has 5 rings (SSSR count). The van der Waals surface area contributed by atoms with Crippen molar-refractivity contribution in [2.75, 3.05) is 13.2 Å². The van der Waals surface area contributed by atoms with Crippen LogP contribution in [0.4, 0.5) is 0 Å². The van der Waals surface area contributed by atoms with Gasteiger partial charge in [0, 0.05) is 11.3 Å². The molecule has 152 valence electrons. The number of fused-ring (bicyclic) bond motifs is 2. The molecule has 2 amide bonds. The molecule has 1 aromatic heterocycles. The number of hydrogen-bond donors (Lipinski definition) is 0. The highest BCUT2D eigenvalue weighted by atomic mass is 16.5. The molecule has 7 nitrogen and oxygen atoms in total. The number of hydrogen-bond acceptors (Lipinski definition) is 5. The lowest BCUT2D eigenvalue weighted by Crippen LogP contribution is -2.33. The zero-order chi connectivity index (χ0) is 21.4. The Bertz CT molecular complexity index is 1290. The Labute approximate surface area is 177 Å². The number of amides is 2. The van der Waals surface area contributed by atoms with Crippen molar-refractivity contribution in [1.82, 2.24) is 14.5 Å². The summed E-state index contributed by atoms with van der Waals surface area (Å²) in [4.78, 5) is 41.4. The summed E-state index contributed by atoms with van der Waals surface area (Å²) in [6.07, 6.45) is 2.51. The quantitative estimate of drug-likeness (QED) is 0.358. The molecule has 0 bridgehead atoms. The second-order valence-electron chi connectivity index (χ2n) is 7.13. The van der Waals surface area contributed by atoms with Crippen LogP contribution in [0.25, 0.3) is 16.7 Å². The number of carbonyl (C=O) groups excluding carboxylic acids is 3. The number of nitrogens with zero attached hydrogens (tertiary/aromatic N) is 3. The number of rotatable bonds is 6. The molecular formula is C24H17N3O4. The highest BCUT2D eigenvalue weighted by Gasteiger charge is 2.34. The Kier molecular flexibility index (Phi) is 4.55. The van der Waals surface area contributed by atoms with Crippen molar-refractivity contribution in [1.29, 1.82) is 0 Å². The van der Waals surface area contributed by atoms with Crippen LogP contribution >= 0.6 is 0 Å². The van der Waals surface area contributed by atoms with Gasteiger partial charge in [0.2, 0.25) is 0 Å². The van der Waals surface area contributed by atoms with Crippen molar-refractivity contribution in [3.63, 3.8) is 0 Å². The molecule has 0 spiro atoms. The summed E-state index contributed by atoms with van der Waals surface area (Å²) in [5.41, 5.74) is 3.96. The lowest BCUT2D eigenvalue weighted by atomic mass is 10.1. The van der Waals surface area contributed by atoms with Gasteiger partial charge >= 0.3 is 0 Å². The topological polar surface area (TPSA) is 81.5 Å². The maximum Gasteiger partial charge on any atom is 0.261 e. The van der Waals surface area contributed by atoms with E-state index in [2.05, 4.69) is 4.98 Å². The van der Waals surface area contributed by atoms with E-state index < -0.39 is 0 Å². The van der Waals surface area contributed by atoms with Crippen LogP contribution in [0.2, 0.25) is 0 Å². The summed E-state index contributed by atoms with van der Waals surface area (Å²) >= 11 is 0. The van der Waals surface area contributed by atoms with E-state index in [1.165, 1.54) is 4.90 Å². The van der Waals surface area contributed by atoms with Gasteiger partial charge in [0.25, 0.3) is 11.8 Å². The summed E-state index contributed by atoms with van der Waals surface area (Å²) in [5, 5.41) is 0. The zero-order valence-electron chi connectivity index (χ0n) is 16.4. The molecule has 0 fully saturated rings. The number of aromatic nitrogens is 2. The Hall–Kier alpha value is -4.26. The fraction of sp³-hybridized carbons (Fsp3) is 0.0833. The molecule has 4 aromatic rings. The van der Waals surface area contributed by atoms with E-state index >= 15 is 0 Å². The largest absolute Gasteiger partial charge is 0.492 e. The third-order valence-electron chi connectivity index (χ3n) is 5.28. The third kappa shape index (κ3) is 3.26. The molecule has 1 aliphatic rings. The molecule has 31 heavy (non-hydrogen) atoms. The number of ether oxygens (including phenoxy) is 1. The molecule has 0 saturated heterocycles. The predicted octanol–water partition coefficient (Wildman–Crippen LogP) is 3.51. The van der Waals surface area contributed by atoms with Crippen LogP contribution in [0.15, 0.2) is 73.1 Å². The molecular weight excluding hydrogens is 394 g/mol. The van der Waals surface area contributed by atoms with E-state index in [1.54, 1.807) is 42.7 Å². The highest BCUT2D eigenvalue weighted by Crippen LogP contribution is 2.23. The van der Waals surface area contributed by atoms with E-state index in [-0.39, 0.29) is 25.0 Å². The van der Waals surface area contributed by atoms with Crippen LogP contribution in [0.5, 0.6) is 5.75 Å². The molecule has 7 heteroatoms.